The Kier molecular flexibility index (Phi) is 8.31. The Morgan fingerprint density at radius 3 is 2.42 bits per heavy atom. The Bertz CT molecular complexity index is 1090. The van der Waals surface area contributed by atoms with Crippen LogP contribution in [0.15, 0.2) is 29.2 Å². The summed E-state index contributed by atoms with van der Waals surface area (Å²) in [6.07, 6.45) is 0.590. The zero-order valence-electron chi connectivity index (χ0n) is 17.6. The monoisotopic (exact) mass is 468 g/mol. The summed E-state index contributed by atoms with van der Waals surface area (Å²) >= 11 is 1.24. The molecule has 0 bridgehead atoms. The molecule has 2 N–H and O–H groups in total. The summed E-state index contributed by atoms with van der Waals surface area (Å²) in [6, 6.07) is 5.26. The maximum Gasteiger partial charge on any atom is 0.341 e. The van der Waals surface area contributed by atoms with Crippen LogP contribution in [0, 0.1) is 6.92 Å². The van der Waals surface area contributed by atoms with Crippen molar-refractivity contribution in [1.82, 2.24) is 4.72 Å². The highest BCUT2D eigenvalue weighted by molar-refractivity contribution is 7.89. The van der Waals surface area contributed by atoms with E-state index in [4.69, 9.17) is 9.47 Å². The molecule has 9 nitrogen and oxygen atoms in total. The molecular weight excluding hydrogens is 444 g/mol. The molecule has 2 rings (SSSR count). The summed E-state index contributed by atoms with van der Waals surface area (Å²) in [5, 5.41) is 2.92. The van der Waals surface area contributed by atoms with E-state index in [-0.39, 0.29) is 17.1 Å². The van der Waals surface area contributed by atoms with Gasteiger partial charge in [-0.15, -0.1) is 11.3 Å². The van der Waals surface area contributed by atoms with E-state index in [0.29, 0.717) is 17.0 Å². The van der Waals surface area contributed by atoms with Crippen LogP contribution in [0.5, 0.6) is 0 Å². The van der Waals surface area contributed by atoms with Gasteiger partial charge in [-0.2, -0.15) is 0 Å². The Morgan fingerprint density at radius 1 is 1.10 bits per heavy atom. The van der Waals surface area contributed by atoms with E-state index >= 15 is 0 Å². The molecule has 0 radical (unpaired) electrons. The van der Waals surface area contributed by atoms with Gasteiger partial charge in [0.25, 0.3) is 5.91 Å². The number of ether oxygens (including phenoxy) is 2. The number of benzene rings is 1. The van der Waals surface area contributed by atoms with E-state index in [1.54, 1.807) is 6.92 Å². The van der Waals surface area contributed by atoms with Crippen LogP contribution in [0.2, 0.25) is 0 Å². The fourth-order valence-electron chi connectivity index (χ4n) is 2.80. The van der Waals surface area contributed by atoms with Gasteiger partial charge in [0, 0.05) is 4.88 Å². The summed E-state index contributed by atoms with van der Waals surface area (Å²) in [5.41, 5.74) is 1.08. The van der Waals surface area contributed by atoms with Gasteiger partial charge < -0.3 is 14.8 Å². The number of sulfonamides is 1. The molecule has 0 atom stereocenters. The first-order valence-electron chi connectivity index (χ1n) is 9.44. The van der Waals surface area contributed by atoms with Crippen molar-refractivity contribution in [3.05, 3.63) is 45.8 Å². The molecule has 0 fully saturated rings. The highest BCUT2D eigenvalue weighted by atomic mass is 32.2. The Balaban J connectivity index is 2.10. The average Bonchev–Trinajstić information content (AvgIpc) is 3.06. The number of esters is 2. The molecule has 1 amide bonds. The van der Waals surface area contributed by atoms with Gasteiger partial charge in [-0.1, -0.05) is 13.0 Å². The zero-order chi connectivity index (χ0) is 23.2. The lowest BCUT2D eigenvalue weighted by Crippen LogP contribution is -2.22. The smallest absolute Gasteiger partial charge is 0.341 e. The van der Waals surface area contributed by atoms with Crippen LogP contribution < -0.4 is 10.0 Å². The van der Waals surface area contributed by atoms with E-state index in [2.05, 4.69) is 10.0 Å². The van der Waals surface area contributed by atoms with Crippen molar-refractivity contribution in [2.45, 2.75) is 32.1 Å². The number of carbonyl (C=O) groups is 3. The van der Waals surface area contributed by atoms with E-state index in [1.165, 1.54) is 36.6 Å². The second-order valence-electron chi connectivity index (χ2n) is 6.27. The van der Waals surface area contributed by atoms with E-state index < -0.39 is 34.5 Å². The number of hydrogen-bond donors (Lipinski definition) is 2. The SMILES string of the molecule is CCOC(=O)c1c(NC(=O)COC(=O)c2cccc(S(=O)(=O)NC)c2)sc(C)c1CC. The summed E-state index contributed by atoms with van der Waals surface area (Å²) in [7, 11) is -2.47. The number of carbonyl (C=O) groups excluding carboxylic acids is 3. The molecule has 168 valence electrons. The third kappa shape index (κ3) is 5.90. The van der Waals surface area contributed by atoms with E-state index in [9.17, 15) is 22.8 Å². The Hall–Kier alpha value is -2.76. The topological polar surface area (TPSA) is 128 Å². The lowest BCUT2D eigenvalue weighted by atomic mass is 10.1. The number of hydrogen-bond acceptors (Lipinski definition) is 8. The second kappa shape index (κ2) is 10.5. The van der Waals surface area contributed by atoms with Crippen LogP contribution in [0.25, 0.3) is 0 Å². The fraction of sp³-hybridized carbons (Fsp3) is 0.350. The largest absolute Gasteiger partial charge is 0.462 e. The zero-order valence-corrected chi connectivity index (χ0v) is 19.2. The third-order valence-corrected chi connectivity index (χ3v) is 6.75. The van der Waals surface area contributed by atoms with Gasteiger partial charge in [0.15, 0.2) is 6.61 Å². The van der Waals surface area contributed by atoms with Gasteiger partial charge in [0.05, 0.1) is 22.6 Å². The second-order valence-corrected chi connectivity index (χ2v) is 9.39. The van der Waals surface area contributed by atoms with Crippen molar-refractivity contribution in [2.75, 3.05) is 25.6 Å². The van der Waals surface area contributed by atoms with Crippen molar-refractivity contribution in [3.63, 3.8) is 0 Å². The van der Waals surface area contributed by atoms with Crippen LogP contribution in [-0.2, 0) is 30.7 Å². The maximum atomic E-state index is 12.3. The lowest BCUT2D eigenvalue weighted by molar-refractivity contribution is -0.119. The molecule has 0 saturated heterocycles. The number of rotatable bonds is 9. The molecule has 2 aromatic rings. The number of aryl methyl sites for hydroxylation is 1. The van der Waals surface area contributed by atoms with Crippen molar-refractivity contribution >= 4 is 44.2 Å². The van der Waals surface area contributed by atoms with Crippen LogP contribution in [0.1, 0.15) is 45.0 Å². The molecule has 0 aliphatic carbocycles. The van der Waals surface area contributed by atoms with Gasteiger partial charge in [-0.3, -0.25) is 4.79 Å². The highest BCUT2D eigenvalue weighted by Crippen LogP contribution is 2.34. The molecule has 11 heteroatoms. The van der Waals surface area contributed by atoms with Crippen LogP contribution in [0.4, 0.5) is 5.00 Å². The van der Waals surface area contributed by atoms with Crippen molar-refractivity contribution in [3.8, 4) is 0 Å². The first kappa shape index (κ1) is 24.5. The lowest BCUT2D eigenvalue weighted by Gasteiger charge is -2.09. The number of thiophene rings is 1. The van der Waals surface area contributed by atoms with E-state index in [0.717, 1.165) is 16.5 Å². The van der Waals surface area contributed by atoms with Crippen LogP contribution in [0.3, 0.4) is 0 Å². The Morgan fingerprint density at radius 2 is 1.81 bits per heavy atom. The molecule has 0 spiro atoms. The number of nitrogens with one attached hydrogen (secondary N) is 2. The van der Waals surface area contributed by atoms with Gasteiger partial charge in [0.1, 0.15) is 5.00 Å². The number of amides is 1. The van der Waals surface area contributed by atoms with Crippen LogP contribution >= 0.6 is 11.3 Å². The molecule has 0 aliphatic rings. The van der Waals surface area contributed by atoms with Crippen molar-refractivity contribution in [2.24, 2.45) is 0 Å². The Labute approximate surface area is 184 Å². The summed E-state index contributed by atoms with van der Waals surface area (Å²) < 4.78 is 36.0. The van der Waals surface area contributed by atoms with Crippen LogP contribution in [-0.4, -0.2) is 46.5 Å². The molecular formula is C20H24N2O7S2. The molecule has 0 unspecified atom stereocenters. The standard InChI is InChI=1S/C20H24N2O7S2/c1-5-15-12(3)30-18(17(15)20(25)28-6-2)22-16(23)11-29-19(24)13-8-7-9-14(10-13)31(26,27)21-4/h7-10,21H,5-6,11H2,1-4H3,(H,22,23). The van der Waals surface area contributed by atoms with Gasteiger partial charge in [0.2, 0.25) is 10.0 Å². The maximum absolute atomic E-state index is 12.3. The minimum atomic E-state index is -3.73. The summed E-state index contributed by atoms with van der Waals surface area (Å²) in [5.74, 6) is -2.02. The molecule has 1 aromatic heterocycles. The summed E-state index contributed by atoms with van der Waals surface area (Å²) in [6.45, 7) is 5.02. The number of anilines is 1. The third-order valence-electron chi connectivity index (χ3n) is 4.28. The molecule has 1 heterocycles. The first-order valence-corrected chi connectivity index (χ1v) is 11.7. The predicted molar refractivity (Wildman–Crippen MR) is 116 cm³/mol. The van der Waals surface area contributed by atoms with Crippen molar-refractivity contribution < 1.29 is 32.3 Å². The summed E-state index contributed by atoms with van der Waals surface area (Å²) in [4.78, 5) is 37.7. The van der Waals surface area contributed by atoms with Gasteiger partial charge in [-0.25, -0.2) is 22.7 Å². The molecule has 0 aliphatic heterocycles. The fourth-order valence-corrected chi connectivity index (χ4v) is 4.72. The molecule has 1 aromatic carbocycles. The molecule has 0 saturated carbocycles. The highest BCUT2D eigenvalue weighted by Gasteiger charge is 2.24. The predicted octanol–water partition coefficient (Wildman–Crippen LogP) is 2.50. The molecule has 31 heavy (non-hydrogen) atoms. The van der Waals surface area contributed by atoms with Crippen molar-refractivity contribution in [1.29, 1.82) is 0 Å². The normalized spacial score (nSPS) is 11.1. The quantitative estimate of drug-likeness (QED) is 0.541. The minimum Gasteiger partial charge on any atom is -0.462 e. The minimum absolute atomic E-state index is 0.0171. The average molecular weight is 469 g/mol. The van der Waals surface area contributed by atoms with Gasteiger partial charge in [-0.05, 0) is 51.1 Å². The van der Waals surface area contributed by atoms with E-state index in [1.807, 2.05) is 13.8 Å². The van der Waals surface area contributed by atoms with Gasteiger partial charge >= 0.3 is 11.9 Å². The first-order chi connectivity index (χ1) is 14.6.